The van der Waals surface area contributed by atoms with Crippen molar-refractivity contribution in [2.75, 3.05) is 5.75 Å². The molecule has 0 bridgehead atoms. The molecule has 1 heterocycles. The molecular weight excluding hydrogens is 330 g/mol. The molecule has 0 saturated carbocycles. The highest BCUT2D eigenvalue weighted by atomic mass is 32.2. The van der Waals surface area contributed by atoms with Crippen LogP contribution in [0.25, 0.3) is 11.4 Å². The summed E-state index contributed by atoms with van der Waals surface area (Å²) in [7, 11) is 0. The van der Waals surface area contributed by atoms with Crippen molar-refractivity contribution in [2.24, 2.45) is 0 Å². The van der Waals surface area contributed by atoms with E-state index in [1.165, 1.54) is 0 Å². The van der Waals surface area contributed by atoms with Crippen LogP contribution in [0.3, 0.4) is 0 Å². The van der Waals surface area contributed by atoms with Crippen LogP contribution in [0.4, 0.5) is 0 Å². The molecule has 0 saturated heterocycles. The molecule has 0 aliphatic heterocycles. The fourth-order valence-corrected chi connectivity index (χ4v) is 3.59. The van der Waals surface area contributed by atoms with Crippen LogP contribution in [0.5, 0.6) is 0 Å². The van der Waals surface area contributed by atoms with E-state index in [-0.39, 0.29) is 5.78 Å². The molecule has 0 N–H and O–H groups in total. The predicted octanol–water partition coefficient (Wildman–Crippen LogP) is 4.72. The zero-order valence-electron chi connectivity index (χ0n) is 14.3. The lowest BCUT2D eigenvalue weighted by molar-refractivity contribution is 0.0982. The number of aromatic nitrogens is 3. The van der Waals surface area contributed by atoms with E-state index in [1.54, 1.807) is 11.8 Å². The van der Waals surface area contributed by atoms with E-state index in [0.29, 0.717) is 6.42 Å². The number of carbonyl (C=O) groups excluding carboxylic acids is 1. The Balaban J connectivity index is 1.57. The standard InChI is InChI=1S/C20H21N3OS/c1-2-23-19(17-12-7-4-8-13-17)21-22-20(23)25-15-9-14-18(24)16-10-5-3-6-11-16/h3-8,10-13H,2,9,14-15H2,1H3. The van der Waals surface area contributed by atoms with Crippen molar-refractivity contribution in [3.05, 3.63) is 66.2 Å². The van der Waals surface area contributed by atoms with Gasteiger partial charge in [0.05, 0.1) is 0 Å². The maximum Gasteiger partial charge on any atom is 0.191 e. The minimum absolute atomic E-state index is 0.197. The first kappa shape index (κ1) is 17.4. The van der Waals surface area contributed by atoms with Gasteiger partial charge in [0.25, 0.3) is 0 Å². The highest BCUT2D eigenvalue weighted by molar-refractivity contribution is 7.99. The summed E-state index contributed by atoms with van der Waals surface area (Å²) in [6, 6.07) is 19.6. The molecule has 3 aromatic rings. The van der Waals surface area contributed by atoms with Gasteiger partial charge < -0.3 is 4.57 Å². The lowest BCUT2D eigenvalue weighted by Crippen LogP contribution is -2.01. The first-order valence-corrected chi connectivity index (χ1v) is 9.48. The van der Waals surface area contributed by atoms with Gasteiger partial charge in [-0.1, -0.05) is 72.4 Å². The van der Waals surface area contributed by atoms with Gasteiger partial charge in [0.15, 0.2) is 16.8 Å². The van der Waals surface area contributed by atoms with Gasteiger partial charge in [-0.15, -0.1) is 10.2 Å². The normalized spacial score (nSPS) is 10.8. The summed E-state index contributed by atoms with van der Waals surface area (Å²) in [6.45, 7) is 2.92. The lowest BCUT2D eigenvalue weighted by atomic mass is 10.1. The summed E-state index contributed by atoms with van der Waals surface area (Å²) >= 11 is 1.66. The molecule has 0 spiro atoms. The Labute approximate surface area is 152 Å². The molecule has 0 radical (unpaired) electrons. The van der Waals surface area contributed by atoms with Crippen molar-refractivity contribution in [1.29, 1.82) is 0 Å². The van der Waals surface area contributed by atoms with E-state index < -0.39 is 0 Å². The number of rotatable bonds is 8. The summed E-state index contributed by atoms with van der Waals surface area (Å²) < 4.78 is 2.12. The Morgan fingerprint density at radius 1 is 1.00 bits per heavy atom. The SMILES string of the molecule is CCn1c(SCCCC(=O)c2ccccc2)nnc1-c1ccccc1. The highest BCUT2D eigenvalue weighted by Gasteiger charge is 2.13. The molecule has 5 heteroatoms. The van der Waals surface area contributed by atoms with Crippen LogP contribution in [-0.4, -0.2) is 26.3 Å². The summed E-state index contributed by atoms with van der Waals surface area (Å²) in [6.07, 6.45) is 1.39. The van der Waals surface area contributed by atoms with Crippen LogP contribution < -0.4 is 0 Å². The molecule has 3 rings (SSSR count). The number of benzene rings is 2. The fourth-order valence-electron chi connectivity index (χ4n) is 2.65. The van der Waals surface area contributed by atoms with Crippen LogP contribution in [0.1, 0.15) is 30.1 Å². The van der Waals surface area contributed by atoms with Crippen molar-refractivity contribution in [2.45, 2.75) is 31.5 Å². The van der Waals surface area contributed by atoms with Gasteiger partial charge in [0, 0.05) is 29.8 Å². The highest BCUT2D eigenvalue weighted by Crippen LogP contribution is 2.24. The van der Waals surface area contributed by atoms with Gasteiger partial charge in [0.2, 0.25) is 0 Å². The molecule has 2 aromatic carbocycles. The zero-order valence-corrected chi connectivity index (χ0v) is 15.1. The minimum Gasteiger partial charge on any atom is -0.302 e. The lowest BCUT2D eigenvalue weighted by Gasteiger charge is -2.07. The zero-order chi connectivity index (χ0) is 17.5. The molecule has 1 aromatic heterocycles. The molecule has 0 aliphatic carbocycles. The van der Waals surface area contributed by atoms with Gasteiger partial charge in [-0.05, 0) is 13.3 Å². The first-order chi connectivity index (χ1) is 12.3. The van der Waals surface area contributed by atoms with Crippen molar-refractivity contribution in [1.82, 2.24) is 14.8 Å². The Kier molecular flexibility index (Phi) is 6.01. The number of hydrogen-bond acceptors (Lipinski definition) is 4. The maximum absolute atomic E-state index is 12.1. The van der Waals surface area contributed by atoms with Crippen molar-refractivity contribution in [3.63, 3.8) is 0 Å². The molecule has 0 atom stereocenters. The molecular formula is C20H21N3OS. The second kappa shape index (κ2) is 8.62. The number of carbonyl (C=O) groups is 1. The van der Waals surface area contributed by atoms with Gasteiger partial charge in [0.1, 0.15) is 0 Å². The van der Waals surface area contributed by atoms with Gasteiger partial charge in [-0.2, -0.15) is 0 Å². The van der Waals surface area contributed by atoms with Crippen LogP contribution >= 0.6 is 11.8 Å². The number of Topliss-reactive ketones (excluding diaryl/α,β-unsaturated/α-hetero) is 1. The summed E-state index contributed by atoms with van der Waals surface area (Å²) in [5.74, 6) is 1.94. The number of ketones is 1. The van der Waals surface area contributed by atoms with E-state index in [0.717, 1.165) is 40.8 Å². The van der Waals surface area contributed by atoms with Crippen molar-refractivity contribution < 1.29 is 4.79 Å². The van der Waals surface area contributed by atoms with Crippen LogP contribution in [0, 0.1) is 0 Å². The third-order valence-corrected chi connectivity index (χ3v) is 4.99. The quantitative estimate of drug-likeness (QED) is 0.335. The summed E-state index contributed by atoms with van der Waals surface area (Å²) in [4.78, 5) is 12.1. The third kappa shape index (κ3) is 4.37. The van der Waals surface area contributed by atoms with E-state index in [4.69, 9.17) is 0 Å². The fraction of sp³-hybridized carbons (Fsp3) is 0.250. The monoisotopic (exact) mass is 351 g/mol. The van der Waals surface area contributed by atoms with Gasteiger partial charge in [-0.3, -0.25) is 4.79 Å². The van der Waals surface area contributed by atoms with Gasteiger partial charge >= 0.3 is 0 Å². The number of thioether (sulfide) groups is 1. The number of nitrogens with zero attached hydrogens (tertiary/aromatic N) is 3. The van der Waals surface area contributed by atoms with Crippen LogP contribution in [0.15, 0.2) is 65.8 Å². The second-order valence-electron chi connectivity index (χ2n) is 5.66. The Hall–Kier alpha value is -2.40. The van der Waals surface area contributed by atoms with Crippen LogP contribution in [-0.2, 0) is 6.54 Å². The summed E-state index contributed by atoms with van der Waals surface area (Å²) in [5, 5.41) is 9.58. The minimum atomic E-state index is 0.197. The Bertz CT molecular complexity index is 815. The smallest absolute Gasteiger partial charge is 0.191 e. The summed E-state index contributed by atoms with van der Waals surface area (Å²) in [5.41, 5.74) is 1.86. The largest absolute Gasteiger partial charge is 0.302 e. The molecule has 0 amide bonds. The Morgan fingerprint density at radius 2 is 1.68 bits per heavy atom. The molecule has 25 heavy (non-hydrogen) atoms. The predicted molar refractivity (Wildman–Crippen MR) is 102 cm³/mol. The van der Waals surface area contributed by atoms with Crippen molar-refractivity contribution in [3.8, 4) is 11.4 Å². The maximum atomic E-state index is 12.1. The first-order valence-electron chi connectivity index (χ1n) is 8.49. The topological polar surface area (TPSA) is 47.8 Å². The van der Waals surface area contributed by atoms with E-state index >= 15 is 0 Å². The third-order valence-electron chi connectivity index (χ3n) is 3.94. The van der Waals surface area contributed by atoms with E-state index in [9.17, 15) is 4.79 Å². The van der Waals surface area contributed by atoms with Crippen LogP contribution in [0.2, 0.25) is 0 Å². The van der Waals surface area contributed by atoms with E-state index in [2.05, 4.69) is 21.7 Å². The van der Waals surface area contributed by atoms with Crippen molar-refractivity contribution >= 4 is 17.5 Å². The molecule has 128 valence electrons. The molecule has 0 fully saturated rings. The molecule has 0 unspecified atom stereocenters. The number of hydrogen-bond donors (Lipinski definition) is 0. The van der Waals surface area contributed by atoms with Gasteiger partial charge in [-0.25, -0.2) is 0 Å². The second-order valence-corrected chi connectivity index (χ2v) is 6.72. The molecule has 4 nitrogen and oxygen atoms in total. The average Bonchev–Trinajstić information content (AvgIpc) is 3.09. The average molecular weight is 351 g/mol. The van der Waals surface area contributed by atoms with E-state index in [1.807, 2.05) is 60.7 Å². The molecule has 0 aliphatic rings. The Morgan fingerprint density at radius 3 is 2.36 bits per heavy atom.